The lowest BCUT2D eigenvalue weighted by Gasteiger charge is -2.00. The summed E-state index contributed by atoms with van der Waals surface area (Å²) in [5.74, 6) is 0.131. The normalized spacial score (nSPS) is 11.5. The third-order valence-electron chi connectivity index (χ3n) is 2.02. The van der Waals surface area contributed by atoms with Crippen molar-refractivity contribution in [2.24, 2.45) is 0 Å². The van der Waals surface area contributed by atoms with Crippen LogP contribution >= 0.6 is 34.5 Å². The molecule has 0 radical (unpaired) electrons. The predicted molar refractivity (Wildman–Crippen MR) is 73.5 cm³/mol. The summed E-state index contributed by atoms with van der Waals surface area (Å²) in [7, 11) is -3.28. The van der Waals surface area contributed by atoms with E-state index in [1.807, 2.05) is 6.92 Å². The average molecular weight is 314 g/mol. The second kappa shape index (κ2) is 6.18. The Morgan fingerprint density at radius 1 is 1.47 bits per heavy atom. The predicted octanol–water partition coefficient (Wildman–Crippen LogP) is 3.80. The smallest absolute Gasteiger partial charge is 0.189 e. The zero-order valence-electron chi connectivity index (χ0n) is 9.53. The summed E-state index contributed by atoms with van der Waals surface area (Å²) in [4.78, 5) is 4.12. The second-order valence-electron chi connectivity index (χ2n) is 3.51. The van der Waals surface area contributed by atoms with E-state index in [1.54, 1.807) is 6.92 Å². The summed E-state index contributed by atoms with van der Waals surface area (Å²) in [6, 6.07) is 0. The van der Waals surface area contributed by atoms with E-state index in [0.29, 0.717) is 17.1 Å². The molecule has 1 heterocycles. The van der Waals surface area contributed by atoms with Crippen molar-refractivity contribution in [1.82, 2.24) is 4.98 Å². The molecule has 0 aromatic carbocycles. The number of thiazole rings is 1. The summed E-state index contributed by atoms with van der Waals surface area (Å²) in [6.07, 6.45) is 2.83. The minimum absolute atomic E-state index is 0.00208. The van der Waals surface area contributed by atoms with Gasteiger partial charge in [0.1, 0.15) is 8.70 Å². The molecule has 3 nitrogen and oxygen atoms in total. The Bertz CT molecular complexity index is 516. The summed E-state index contributed by atoms with van der Waals surface area (Å²) in [6.45, 7) is 3.70. The third kappa shape index (κ3) is 4.25. The van der Waals surface area contributed by atoms with Gasteiger partial charge in [-0.15, -0.1) is 11.3 Å². The van der Waals surface area contributed by atoms with Gasteiger partial charge in [-0.05, 0) is 19.4 Å². The van der Waals surface area contributed by atoms with Gasteiger partial charge in [-0.1, -0.05) is 36.5 Å². The number of rotatable bonds is 5. The number of nitrogens with zero attached hydrogens (tertiary/aromatic N) is 1. The van der Waals surface area contributed by atoms with E-state index in [0.717, 1.165) is 17.8 Å². The Kier molecular flexibility index (Phi) is 5.44. The average Bonchev–Trinajstić information content (AvgIpc) is 2.56. The van der Waals surface area contributed by atoms with Gasteiger partial charge in [0.2, 0.25) is 0 Å². The van der Waals surface area contributed by atoms with Gasteiger partial charge in [-0.2, -0.15) is 0 Å². The monoisotopic (exact) mass is 313 g/mol. The maximum atomic E-state index is 12.1. The highest BCUT2D eigenvalue weighted by molar-refractivity contribution is 7.93. The summed E-state index contributed by atoms with van der Waals surface area (Å²) in [5, 5.41) is 0.681. The van der Waals surface area contributed by atoms with Crippen LogP contribution in [-0.4, -0.2) is 19.2 Å². The van der Waals surface area contributed by atoms with Gasteiger partial charge < -0.3 is 0 Å². The first-order valence-corrected chi connectivity index (χ1v) is 8.32. The highest BCUT2D eigenvalue weighted by Gasteiger charge is 2.21. The van der Waals surface area contributed by atoms with Crippen LogP contribution in [0.15, 0.2) is 8.70 Å². The largest absolute Gasteiger partial charge is 0.241 e. The van der Waals surface area contributed by atoms with E-state index in [4.69, 9.17) is 23.2 Å². The van der Waals surface area contributed by atoms with Crippen molar-refractivity contribution in [3.05, 3.63) is 15.2 Å². The molecular weight excluding hydrogens is 301 g/mol. The zero-order chi connectivity index (χ0) is 13.1. The Balaban J connectivity index is 3.17. The summed E-state index contributed by atoms with van der Waals surface area (Å²) >= 11 is 12.2. The molecule has 7 heteroatoms. The first-order valence-electron chi connectivity index (χ1n) is 5.09. The van der Waals surface area contributed by atoms with Crippen LogP contribution in [0.25, 0.3) is 6.08 Å². The molecule has 0 N–H and O–H groups in total. The summed E-state index contributed by atoms with van der Waals surface area (Å²) < 4.78 is 24.4. The number of unbranched alkanes of at least 4 members (excludes halogenated alkanes) is 1. The SMILES string of the molecule is CCCCS(=O)(=O)c1sc(C)nc1C=C(Cl)Cl. The summed E-state index contributed by atoms with van der Waals surface area (Å²) in [5.41, 5.74) is 0.337. The van der Waals surface area contributed by atoms with Gasteiger partial charge in [0.25, 0.3) is 0 Å². The molecule has 0 atom stereocenters. The van der Waals surface area contributed by atoms with Crippen molar-refractivity contribution in [1.29, 1.82) is 0 Å². The van der Waals surface area contributed by atoms with Crippen LogP contribution in [0, 0.1) is 6.92 Å². The zero-order valence-corrected chi connectivity index (χ0v) is 12.7. The first-order chi connectivity index (χ1) is 7.86. The molecule has 96 valence electrons. The van der Waals surface area contributed by atoms with Crippen LogP contribution < -0.4 is 0 Å². The molecule has 17 heavy (non-hydrogen) atoms. The van der Waals surface area contributed by atoms with Crippen molar-refractivity contribution in [2.45, 2.75) is 30.9 Å². The van der Waals surface area contributed by atoms with Crippen LogP contribution in [0.3, 0.4) is 0 Å². The molecule has 0 spiro atoms. The molecule has 0 amide bonds. The van der Waals surface area contributed by atoms with Gasteiger partial charge in [0, 0.05) is 0 Å². The topological polar surface area (TPSA) is 47.0 Å². The Labute approximate surface area is 115 Å². The maximum Gasteiger partial charge on any atom is 0.189 e. The van der Waals surface area contributed by atoms with Crippen molar-refractivity contribution >= 4 is 50.5 Å². The fraction of sp³-hybridized carbons (Fsp3) is 0.500. The van der Waals surface area contributed by atoms with Gasteiger partial charge in [-0.25, -0.2) is 13.4 Å². The fourth-order valence-corrected chi connectivity index (χ4v) is 4.49. The van der Waals surface area contributed by atoms with E-state index in [1.165, 1.54) is 6.08 Å². The van der Waals surface area contributed by atoms with Gasteiger partial charge in [0.15, 0.2) is 9.84 Å². The third-order valence-corrected chi connectivity index (χ3v) is 5.63. The molecule has 1 aromatic rings. The molecule has 0 aliphatic heterocycles. The van der Waals surface area contributed by atoms with E-state index in [2.05, 4.69) is 4.98 Å². The number of sulfone groups is 1. The van der Waals surface area contributed by atoms with E-state index >= 15 is 0 Å². The lowest BCUT2D eigenvalue weighted by atomic mass is 10.4. The van der Waals surface area contributed by atoms with Gasteiger partial charge in [0.05, 0.1) is 16.5 Å². The van der Waals surface area contributed by atoms with Crippen molar-refractivity contribution in [2.75, 3.05) is 5.75 Å². The quantitative estimate of drug-likeness (QED) is 0.830. The van der Waals surface area contributed by atoms with Gasteiger partial charge in [-0.3, -0.25) is 0 Å². The van der Waals surface area contributed by atoms with E-state index in [-0.39, 0.29) is 14.5 Å². The fourth-order valence-electron chi connectivity index (χ4n) is 1.27. The number of halogens is 2. The lowest BCUT2D eigenvalue weighted by Crippen LogP contribution is -2.06. The Morgan fingerprint density at radius 3 is 2.65 bits per heavy atom. The number of aromatic nitrogens is 1. The molecular formula is C10H13Cl2NO2S2. The minimum atomic E-state index is -3.28. The first kappa shape index (κ1) is 15.0. The number of hydrogen-bond acceptors (Lipinski definition) is 4. The molecule has 0 unspecified atom stereocenters. The van der Waals surface area contributed by atoms with Crippen LogP contribution in [0.4, 0.5) is 0 Å². The van der Waals surface area contributed by atoms with Crippen molar-refractivity contribution in [3.63, 3.8) is 0 Å². The van der Waals surface area contributed by atoms with Crippen LogP contribution in [0.2, 0.25) is 0 Å². The molecule has 1 rings (SSSR count). The van der Waals surface area contributed by atoms with Crippen LogP contribution in [0.5, 0.6) is 0 Å². The molecule has 0 bridgehead atoms. The molecule has 1 aromatic heterocycles. The molecule has 0 fully saturated rings. The van der Waals surface area contributed by atoms with Crippen molar-refractivity contribution < 1.29 is 8.42 Å². The molecule has 0 saturated heterocycles. The van der Waals surface area contributed by atoms with E-state index < -0.39 is 9.84 Å². The van der Waals surface area contributed by atoms with Crippen LogP contribution in [-0.2, 0) is 9.84 Å². The highest BCUT2D eigenvalue weighted by Crippen LogP contribution is 2.28. The van der Waals surface area contributed by atoms with Crippen LogP contribution in [0.1, 0.15) is 30.5 Å². The highest BCUT2D eigenvalue weighted by atomic mass is 35.5. The Hall–Kier alpha value is -0.100. The maximum absolute atomic E-state index is 12.1. The lowest BCUT2D eigenvalue weighted by molar-refractivity contribution is 0.594. The second-order valence-corrected chi connectivity index (χ2v) is 8.03. The van der Waals surface area contributed by atoms with E-state index in [9.17, 15) is 8.42 Å². The molecule has 0 aliphatic rings. The number of hydrogen-bond donors (Lipinski definition) is 0. The van der Waals surface area contributed by atoms with Crippen molar-refractivity contribution in [3.8, 4) is 0 Å². The number of aryl methyl sites for hydroxylation is 1. The Morgan fingerprint density at radius 2 is 2.12 bits per heavy atom. The van der Waals surface area contributed by atoms with Gasteiger partial charge >= 0.3 is 0 Å². The molecule has 0 aliphatic carbocycles. The minimum Gasteiger partial charge on any atom is -0.241 e. The molecule has 0 saturated carbocycles. The standard InChI is InChI=1S/C10H13Cl2NO2S2/c1-3-4-5-17(14,15)10-8(6-9(11)12)13-7(2)16-10/h6H,3-5H2,1-2H3.